The van der Waals surface area contributed by atoms with Gasteiger partial charge in [0, 0.05) is 31.4 Å². The molecule has 1 N–H and O–H groups in total. The van der Waals surface area contributed by atoms with Crippen LogP contribution in [0.25, 0.3) is 0 Å². The number of rotatable bonds is 6. The Morgan fingerprint density at radius 2 is 2.04 bits per heavy atom. The summed E-state index contributed by atoms with van der Waals surface area (Å²) in [7, 11) is 0. The summed E-state index contributed by atoms with van der Waals surface area (Å²) < 4.78 is 0. The number of terminal acetylenes is 1. The maximum Gasteiger partial charge on any atom is 0.271 e. The van der Waals surface area contributed by atoms with Gasteiger partial charge in [-0.05, 0) is 43.2 Å². The van der Waals surface area contributed by atoms with Crippen LogP contribution in [0.4, 0.5) is 0 Å². The van der Waals surface area contributed by atoms with E-state index in [4.69, 9.17) is 18.0 Å². The molecule has 1 amide bonds. The largest absolute Gasteiger partial charge is 0.335 e. The number of nitrogens with zero attached hydrogens (tertiary/aromatic N) is 2. The molecule has 2 rings (SSSR count). The molecule has 0 fully saturated rings. The van der Waals surface area contributed by atoms with Gasteiger partial charge < -0.3 is 5.32 Å². The zero-order chi connectivity index (χ0) is 18.4. The van der Waals surface area contributed by atoms with E-state index in [1.807, 2.05) is 0 Å². The molecule has 25 heavy (non-hydrogen) atoms. The van der Waals surface area contributed by atoms with Gasteiger partial charge in [-0.25, -0.2) is 0 Å². The predicted octanol–water partition coefficient (Wildman–Crippen LogP) is 2.63. The topological polar surface area (TPSA) is 72.0 Å². The number of pyridine rings is 2. The second-order valence-electron chi connectivity index (χ2n) is 6.13. The highest BCUT2D eigenvalue weighted by molar-refractivity contribution is 6.31. The minimum absolute atomic E-state index is 0.0189. The molecule has 0 radical (unpaired) electrons. The number of aromatic nitrogens is 2. The van der Waals surface area contributed by atoms with Crippen molar-refractivity contribution in [3.63, 3.8) is 0 Å². The van der Waals surface area contributed by atoms with Crippen LogP contribution in [-0.4, -0.2) is 27.2 Å². The number of halogens is 1. The Labute approximate surface area is 151 Å². The van der Waals surface area contributed by atoms with E-state index in [0.29, 0.717) is 10.6 Å². The Bertz CT molecular complexity index is 841. The maximum absolute atomic E-state index is 12.3. The second-order valence-corrected chi connectivity index (χ2v) is 6.54. The van der Waals surface area contributed by atoms with Gasteiger partial charge in [0.2, 0.25) is 0 Å². The lowest BCUT2D eigenvalue weighted by molar-refractivity contribution is -0.117. The molecule has 0 aliphatic carbocycles. The quantitative estimate of drug-likeness (QED) is 0.808. The van der Waals surface area contributed by atoms with E-state index in [9.17, 15) is 9.59 Å². The standard InChI is InChI=1S/C19H18ClN3O2/c1-4-19(2,3)23-18(25)17-10-13(5-8-22-17)9-15(24)11-14-6-7-21-12-16(14)20/h1,5-8,10,12H,9,11H2,2-3H3,(H,23,25). The summed E-state index contributed by atoms with van der Waals surface area (Å²) in [6, 6.07) is 5.01. The van der Waals surface area contributed by atoms with Gasteiger partial charge in [0.05, 0.1) is 10.6 Å². The van der Waals surface area contributed by atoms with Crippen LogP contribution >= 0.6 is 11.6 Å². The summed E-state index contributed by atoms with van der Waals surface area (Å²) in [6.07, 6.45) is 10.4. The van der Waals surface area contributed by atoms with Crippen molar-refractivity contribution in [2.75, 3.05) is 0 Å². The van der Waals surface area contributed by atoms with Crippen molar-refractivity contribution in [1.82, 2.24) is 15.3 Å². The molecule has 2 heterocycles. The molecule has 2 aromatic rings. The van der Waals surface area contributed by atoms with Crippen LogP contribution in [0.2, 0.25) is 5.02 Å². The average molecular weight is 356 g/mol. The fourth-order valence-electron chi connectivity index (χ4n) is 2.14. The van der Waals surface area contributed by atoms with Crippen molar-refractivity contribution in [3.05, 3.63) is 58.6 Å². The molecule has 0 aliphatic heterocycles. The fraction of sp³-hybridized carbons (Fsp3) is 0.263. The van der Waals surface area contributed by atoms with Gasteiger partial charge in [-0.2, -0.15) is 0 Å². The first kappa shape index (κ1) is 18.6. The molecule has 5 nitrogen and oxygen atoms in total. The molecule has 0 spiro atoms. The Kier molecular flexibility index (Phi) is 5.89. The van der Waals surface area contributed by atoms with Gasteiger partial charge in [0.15, 0.2) is 0 Å². The van der Waals surface area contributed by atoms with Crippen molar-refractivity contribution in [2.24, 2.45) is 0 Å². The Hall–Kier alpha value is -2.71. The van der Waals surface area contributed by atoms with Crippen molar-refractivity contribution < 1.29 is 9.59 Å². The third-order valence-corrected chi connectivity index (χ3v) is 3.83. The molecule has 128 valence electrons. The fourth-order valence-corrected chi connectivity index (χ4v) is 2.33. The Morgan fingerprint density at radius 1 is 1.28 bits per heavy atom. The zero-order valence-electron chi connectivity index (χ0n) is 14.0. The number of ketones is 1. The summed E-state index contributed by atoms with van der Waals surface area (Å²) in [5.74, 6) is 2.09. The van der Waals surface area contributed by atoms with Gasteiger partial charge in [0.25, 0.3) is 5.91 Å². The van der Waals surface area contributed by atoms with Crippen LogP contribution in [0, 0.1) is 12.3 Å². The first-order valence-corrected chi connectivity index (χ1v) is 8.04. The third-order valence-electron chi connectivity index (χ3n) is 3.49. The van der Waals surface area contributed by atoms with Gasteiger partial charge in [-0.1, -0.05) is 17.5 Å². The number of hydrogen-bond donors (Lipinski definition) is 1. The van der Waals surface area contributed by atoms with E-state index in [0.717, 1.165) is 5.56 Å². The molecule has 0 bridgehead atoms. The number of hydrogen-bond acceptors (Lipinski definition) is 4. The Morgan fingerprint density at radius 3 is 2.72 bits per heavy atom. The van der Waals surface area contributed by atoms with Gasteiger partial charge in [-0.15, -0.1) is 6.42 Å². The highest BCUT2D eigenvalue weighted by Crippen LogP contribution is 2.15. The van der Waals surface area contributed by atoms with Crippen LogP contribution in [0.1, 0.15) is 35.5 Å². The van der Waals surface area contributed by atoms with E-state index in [1.165, 1.54) is 12.4 Å². The van der Waals surface area contributed by atoms with Crippen molar-refractivity contribution in [1.29, 1.82) is 0 Å². The van der Waals surface area contributed by atoms with Gasteiger partial charge in [-0.3, -0.25) is 19.6 Å². The van der Waals surface area contributed by atoms with E-state index in [-0.39, 0.29) is 30.2 Å². The summed E-state index contributed by atoms with van der Waals surface area (Å²) in [4.78, 5) is 32.4. The maximum atomic E-state index is 12.3. The van der Waals surface area contributed by atoms with Crippen LogP contribution in [0.15, 0.2) is 36.8 Å². The minimum Gasteiger partial charge on any atom is -0.335 e. The van der Waals surface area contributed by atoms with E-state index in [1.54, 1.807) is 38.2 Å². The predicted molar refractivity (Wildman–Crippen MR) is 96.3 cm³/mol. The van der Waals surface area contributed by atoms with Crippen LogP contribution in [0.3, 0.4) is 0 Å². The van der Waals surface area contributed by atoms with Crippen molar-refractivity contribution >= 4 is 23.3 Å². The van der Waals surface area contributed by atoms with Gasteiger partial charge >= 0.3 is 0 Å². The normalized spacial score (nSPS) is 10.8. The molecule has 0 saturated heterocycles. The number of Topliss-reactive ketones (excluding diaryl/α,β-unsaturated/α-hetero) is 1. The lowest BCUT2D eigenvalue weighted by atomic mass is 10.0. The molecule has 6 heteroatoms. The molecular weight excluding hydrogens is 338 g/mol. The summed E-state index contributed by atoms with van der Waals surface area (Å²) in [5, 5.41) is 3.16. The van der Waals surface area contributed by atoms with E-state index in [2.05, 4.69) is 21.2 Å². The first-order chi connectivity index (χ1) is 11.8. The second kappa shape index (κ2) is 7.91. The van der Waals surface area contributed by atoms with E-state index >= 15 is 0 Å². The number of nitrogens with one attached hydrogen (secondary N) is 1. The molecule has 2 aromatic heterocycles. The van der Waals surface area contributed by atoms with Gasteiger partial charge in [0.1, 0.15) is 11.5 Å². The summed E-state index contributed by atoms with van der Waals surface area (Å²) >= 11 is 6.02. The van der Waals surface area contributed by atoms with Crippen molar-refractivity contribution in [2.45, 2.75) is 32.2 Å². The SMILES string of the molecule is C#CC(C)(C)NC(=O)c1cc(CC(=O)Cc2ccncc2Cl)ccn1. The zero-order valence-corrected chi connectivity index (χ0v) is 14.8. The number of carbonyl (C=O) groups is 2. The molecule has 0 aromatic carbocycles. The highest BCUT2D eigenvalue weighted by Gasteiger charge is 2.19. The summed E-state index contributed by atoms with van der Waals surface area (Å²) in [5.41, 5.74) is 0.872. The van der Waals surface area contributed by atoms with E-state index < -0.39 is 5.54 Å². The molecule has 0 aliphatic rings. The molecule has 0 atom stereocenters. The lowest BCUT2D eigenvalue weighted by Crippen LogP contribution is -2.42. The Balaban J connectivity index is 2.06. The summed E-state index contributed by atoms with van der Waals surface area (Å²) in [6.45, 7) is 3.44. The smallest absolute Gasteiger partial charge is 0.271 e. The minimum atomic E-state index is -0.775. The van der Waals surface area contributed by atoms with Crippen LogP contribution in [-0.2, 0) is 17.6 Å². The number of amides is 1. The number of carbonyl (C=O) groups excluding carboxylic acids is 2. The first-order valence-electron chi connectivity index (χ1n) is 7.66. The third kappa shape index (κ3) is 5.40. The van der Waals surface area contributed by atoms with Crippen molar-refractivity contribution in [3.8, 4) is 12.3 Å². The average Bonchev–Trinajstić information content (AvgIpc) is 2.57. The molecule has 0 saturated carbocycles. The monoisotopic (exact) mass is 355 g/mol. The molecular formula is C19H18ClN3O2. The lowest BCUT2D eigenvalue weighted by Gasteiger charge is -2.19. The molecule has 0 unspecified atom stereocenters. The van der Waals surface area contributed by atoms with Crippen LogP contribution in [0.5, 0.6) is 0 Å². The van der Waals surface area contributed by atoms with Crippen LogP contribution < -0.4 is 5.32 Å². The highest BCUT2D eigenvalue weighted by atomic mass is 35.5.